The summed E-state index contributed by atoms with van der Waals surface area (Å²) in [4.78, 5) is 13.0. The third-order valence-electron chi connectivity index (χ3n) is 3.78. The van der Waals surface area contributed by atoms with Crippen LogP contribution in [0, 0.1) is 0 Å². The van der Waals surface area contributed by atoms with Gasteiger partial charge in [0, 0.05) is 50.3 Å². The molecule has 0 saturated carbocycles. The molecule has 4 atom stereocenters. The number of aliphatic carboxylic acids is 1. The van der Waals surface area contributed by atoms with Gasteiger partial charge in [-0.05, 0) is 27.7 Å². The van der Waals surface area contributed by atoms with Crippen molar-refractivity contribution in [2.45, 2.75) is 51.9 Å². The summed E-state index contributed by atoms with van der Waals surface area (Å²) in [6, 6.07) is 1.27. The van der Waals surface area contributed by atoms with E-state index in [9.17, 15) is 4.79 Å². The molecule has 0 bridgehead atoms. The van der Waals surface area contributed by atoms with Crippen molar-refractivity contribution in [3.05, 3.63) is 0 Å². The molecule has 1 saturated heterocycles. The van der Waals surface area contributed by atoms with E-state index >= 15 is 0 Å². The topological polar surface area (TPSA) is 76.6 Å². The zero-order valence-electron chi connectivity index (χ0n) is 13.1. The summed E-state index contributed by atoms with van der Waals surface area (Å²) in [5, 5.41) is 19.5. The van der Waals surface area contributed by atoms with Crippen LogP contribution in [0.5, 0.6) is 0 Å². The minimum Gasteiger partial charge on any atom is -0.480 e. The van der Waals surface area contributed by atoms with Gasteiger partial charge in [-0.15, -0.1) is 0 Å². The molecule has 0 aromatic carbocycles. The van der Waals surface area contributed by atoms with Crippen molar-refractivity contribution in [3.8, 4) is 0 Å². The lowest BCUT2D eigenvalue weighted by molar-refractivity contribution is -0.138. The molecule has 20 heavy (non-hydrogen) atoms. The molecule has 0 unspecified atom stereocenters. The molecule has 118 valence electrons. The van der Waals surface area contributed by atoms with Crippen molar-refractivity contribution in [1.29, 1.82) is 0 Å². The van der Waals surface area contributed by atoms with E-state index in [1.807, 2.05) is 4.90 Å². The average Bonchev–Trinajstić information content (AvgIpc) is 2.37. The molecule has 0 amide bonds. The first-order valence-corrected chi connectivity index (χ1v) is 7.54. The molecule has 1 fully saturated rings. The van der Waals surface area contributed by atoms with Crippen molar-refractivity contribution in [3.63, 3.8) is 0 Å². The van der Waals surface area contributed by atoms with E-state index in [-0.39, 0.29) is 18.6 Å². The third kappa shape index (κ3) is 6.65. The average molecular weight is 286 g/mol. The van der Waals surface area contributed by atoms with Gasteiger partial charge in [-0.2, -0.15) is 0 Å². The van der Waals surface area contributed by atoms with Crippen LogP contribution in [0.2, 0.25) is 0 Å². The minimum atomic E-state index is -0.765. The van der Waals surface area contributed by atoms with Gasteiger partial charge in [-0.25, -0.2) is 0 Å². The van der Waals surface area contributed by atoms with Crippen molar-refractivity contribution in [1.82, 2.24) is 20.9 Å². The van der Waals surface area contributed by atoms with Crippen LogP contribution in [0.1, 0.15) is 27.7 Å². The Bertz CT molecular complexity index is 301. The molecule has 1 aliphatic rings. The second-order valence-corrected chi connectivity index (χ2v) is 6.10. The maximum Gasteiger partial charge on any atom is 0.317 e. The second-order valence-electron chi connectivity index (χ2n) is 6.10. The number of hydrogen-bond donors (Lipinski definition) is 4. The predicted octanol–water partition coefficient (Wildman–Crippen LogP) is -0.291. The van der Waals surface area contributed by atoms with Crippen molar-refractivity contribution in [2.24, 2.45) is 0 Å². The molecule has 1 aliphatic heterocycles. The number of hydrogen-bond acceptors (Lipinski definition) is 5. The van der Waals surface area contributed by atoms with E-state index in [4.69, 9.17) is 5.11 Å². The van der Waals surface area contributed by atoms with Gasteiger partial charge >= 0.3 is 5.97 Å². The molecular weight excluding hydrogens is 256 g/mol. The first kappa shape index (κ1) is 17.4. The summed E-state index contributed by atoms with van der Waals surface area (Å²) < 4.78 is 0. The van der Waals surface area contributed by atoms with E-state index in [2.05, 4.69) is 43.6 Å². The largest absolute Gasteiger partial charge is 0.480 e. The van der Waals surface area contributed by atoms with Crippen LogP contribution in [-0.4, -0.2) is 72.9 Å². The van der Waals surface area contributed by atoms with Gasteiger partial charge in [0.2, 0.25) is 0 Å². The normalized spacial score (nSPS) is 35.0. The van der Waals surface area contributed by atoms with Gasteiger partial charge in [-0.3, -0.25) is 9.69 Å². The van der Waals surface area contributed by atoms with Crippen LogP contribution in [0.3, 0.4) is 0 Å². The van der Waals surface area contributed by atoms with E-state index < -0.39 is 5.97 Å². The van der Waals surface area contributed by atoms with Crippen molar-refractivity contribution in [2.75, 3.05) is 32.7 Å². The molecule has 1 rings (SSSR count). The standard InChI is InChI=1S/C14H30N4O2/c1-10-6-16-12(3)8-18(9-14(19)20)13(4)7-17-11(2)5-15-10/h10-13,15-17H,5-9H2,1-4H3,(H,19,20)/t10-,11-,12-,13-/m1/s1. The lowest BCUT2D eigenvalue weighted by atomic mass is 10.2. The monoisotopic (exact) mass is 286 g/mol. The summed E-state index contributed by atoms with van der Waals surface area (Å²) in [7, 11) is 0. The fourth-order valence-corrected chi connectivity index (χ4v) is 2.39. The number of carboxylic acids is 1. The molecular formula is C14H30N4O2. The predicted molar refractivity (Wildman–Crippen MR) is 81.1 cm³/mol. The molecule has 6 heteroatoms. The van der Waals surface area contributed by atoms with Crippen molar-refractivity contribution < 1.29 is 9.90 Å². The highest BCUT2D eigenvalue weighted by molar-refractivity contribution is 5.69. The smallest absolute Gasteiger partial charge is 0.317 e. The molecule has 4 N–H and O–H groups in total. The van der Waals surface area contributed by atoms with Crippen LogP contribution in [0.15, 0.2) is 0 Å². The van der Waals surface area contributed by atoms with Gasteiger partial charge in [0.05, 0.1) is 6.54 Å². The van der Waals surface area contributed by atoms with Crippen LogP contribution >= 0.6 is 0 Å². The Hall–Kier alpha value is -0.690. The summed E-state index contributed by atoms with van der Waals surface area (Å²) in [5.41, 5.74) is 0. The molecule has 0 radical (unpaired) electrons. The van der Waals surface area contributed by atoms with E-state index in [0.29, 0.717) is 12.1 Å². The Morgan fingerprint density at radius 2 is 1.50 bits per heavy atom. The van der Waals surface area contributed by atoms with E-state index in [0.717, 1.165) is 26.2 Å². The number of nitrogens with one attached hydrogen (secondary N) is 3. The van der Waals surface area contributed by atoms with Crippen LogP contribution in [0.4, 0.5) is 0 Å². The summed E-state index contributed by atoms with van der Waals surface area (Å²) >= 11 is 0. The highest BCUT2D eigenvalue weighted by Gasteiger charge is 2.20. The molecule has 0 aromatic rings. The molecule has 1 heterocycles. The van der Waals surface area contributed by atoms with Crippen molar-refractivity contribution >= 4 is 5.97 Å². The summed E-state index contributed by atoms with van der Waals surface area (Å²) in [6.07, 6.45) is 0. The third-order valence-corrected chi connectivity index (χ3v) is 3.78. The Labute approximate surface area is 122 Å². The van der Waals surface area contributed by atoms with Crippen LogP contribution in [0.25, 0.3) is 0 Å². The van der Waals surface area contributed by atoms with Crippen LogP contribution in [-0.2, 0) is 4.79 Å². The van der Waals surface area contributed by atoms with E-state index in [1.165, 1.54) is 0 Å². The quantitative estimate of drug-likeness (QED) is 0.559. The number of carbonyl (C=O) groups is 1. The first-order chi connectivity index (χ1) is 9.38. The highest BCUT2D eigenvalue weighted by Crippen LogP contribution is 2.02. The minimum absolute atomic E-state index is 0.0943. The van der Waals surface area contributed by atoms with Gasteiger partial charge in [-0.1, -0.05) is 0 Å². The lowest BCUT2D eigenvalue weighted by Gasteiger charge is -2.33. The molecule has 0 spiro atoms. The maximum absolute atomic E-state index is 11.0. The number of rotatable bonds is 2. The fraction of sp³-hybridized carbons (Fsp3) is 0.929. The van der Waals surface area contributed by atoms with Gasteiger partial charge in [0.15, 0.2) is 0 Å². The summed E-state index contributed by atoms with van der Waals surface area (Å²) in [6.45, 7) is 12.0. The van der Waals surface area contributed by atoms with E-state index in [1.54, 1.807) is 0 Å². The fourth-order valence-electron chi connectivity index (χ4n) is 2.39. The van der Waals surface area contributed by atoms with Gasteiger partial charge in [0.1, 0.15) is 0 Å². The van der Waals surface area contributed by atoms with Gasteiger partial charge < -0.3 is 21.1 Å². The SMILES string of the molecule is C[C@@H]1CN[C@H](C)CN(CC(=O)O)[C@H](C)CN[C@H](C)CN1. The molecule has 0 aliphatic carbocycles. The molecule has 0 aromatic heterocycles. The number of carboxylic acid groups (broad SMARTS) is 1. The maximum atomic E-state index is 11.0. The highest BCUT2D eigenvalue weighted by atomic mass is 16.4. The summed E-state index contributed by atoms with van der Waals surface area (Å²) in [5.74, 6) is -0.765. The Morgan fingerprint density at radius 1 is 1.00 bits per heavy atom. The lowest BCUT2D eigenvalue weighted by Crippen LogP contribution is -2.53. The number of nitrogens with zero attached hydrogens (tertiary/aromatic N) is 1. The van der Waals surface area contributed by atoms with Crippen LogP contribution < -0.4 is 16.0 Å². The molecule has 6 nitrogen and oxygen atoms in total. The Morgan fingerprint density at radius 3 is 2.05 bits per heavy atom. The zero-order chi connectivity index (χ0) is 15.1. The zero-order valence-corrected chi connectivity index (χ0v) is 13.1. The second kappa shape index (κ2) is 8.56. The van der Waals surface area contributed by atoms with Gasteiger partial charge in [0.25, 0.3) is 0 Å². The first-order valence-electron chi connectivity index (χ1n) is 7.54. The Balaban J connectivity index is 2.66. The Kier molecular flexibility index (Phi) is 7.43.